The smallest absolute Gasteiger partial charge is 0.129 e. The van der Waals surface area contributed by atoms with Gasteiger partial charge < -0.3 is 0 Å². The zero-order valence-corrected chi connectivity index (χ0v) is 11.9. The number of halogens is 1. The van der Waals surface area contributed by atoms with Crippen molar-refractivity contribution >= 4 is 22.6 Å². The number of nitrogens with zero attached hydrogens (tertiary/aromatic N) is 4. The Kier molecular flexibility index (Phi) is 2.82. The molecule has 2 aromatic heterocycles. The highest BCUT2D eigenvalue weighted by molar-refractivity contribution is 6.17. The first-order valence-electron chi connectivity index (χ1n) is 6.15. The number of hydrogen-bond acceptors (Lipinski definition) is 2. The number of imidazole rings is 1. The molecule has 4 nitrogen and oxygen atoms in total. The number of aryl methyl sites for hydroxylation is 3. The van der Waals surface area contributed by atoms with Crippen molar-refractivity contribution in [3.05, 3.63) is 41.5 Å². The normalized spacial score (nSPS) is 11.4. The summed E-state index contributed by atoms with van der Waals surface area (Å²) in [5, 5.41) is 4.40. The van der Waals surface area contributed by atoms with Crippen molar-refractivity contribution in [1.82, 2.24) is 19.3 Å². The Labute approximate surface area is 116 Å². The average molecular weight is 275 g/mol. The molecule has 3 aromatic rings. The van der Waals surface area contributed by atoms with Crippen molar-refractivity contribution in [3.63, 3.8) is 0 Å². The van der Waals surface area contributed by atoms with Gasteiger partial charge in [0, 0.05) is 13.2 Å². The Bertz CT molecular complexity index is 754. The molecular weight excluding hydrogens is 260 g/mol. The first kappa shape index (κ1) is 12.2. The van der Waals surface area contributed by atoms with Crippen molar-refractivity contribution in [2.45, 2.75) is 19.7 Å². The molecule has 0 fully saturated rings. The van der Waals surface area contributed by atoms with Gasteiger partial charge in [-0.15, -0.1) is 11.6 Å². The second-order valence-corrected chi connectivity index (χ2v) is 4.98. The van der Waals surface area contributed by atoms with E-state index in [1.165, 1.54) is 5.56 Å². The van der Waals surface area contributed by atoms with Crippen LogP contribution in [0.25, 0.3) is 16.7 Å². The van der Waals surface area contributed by atoms with Crippen LogP contribution in [-0.4, -0.2) is 19.3 Å². The molecule has 5 heteroatoms. The first-order valence-corrected chi connectivity index (χ1v) is 6.69. The fourth-order valence-corrected chi connectivity index (χ4v) is 2.68. The van der Waals surface area contributed by atoms with Crippen molar-refractivity contribution in [2.24, 2.45) is 7.05 Å². The third kappa shape index (κ3) is 1.83. The van der Waals surface area contributed by atoms with Gasteiger partial charge in [0.15, 0.2) is 0 Å². The van der Waals surface area contributed by atoms with Crippen molar-refractivity contribution < 1.29 is 0 Å². The molecule has 0 aliphatic rings. The molecule has 0 unspecified atom stereocenters. The lowest BCUT2D eigenvalue weighted by Gasteiger charge is -2.07. The van der Waals surface area contributed by atoms with Crippen molar-refractivity contribution in [2.75, 3.05) is 0 Å². The van der Waals surface area contributed by atoms with Crippen LogP contribution < -0.4 is 0 Å². The van der Waals surface area contributed by atoms with Gasteiger partial charge in [0.05, 0.1) is 28.3 Å². The van der Waals surface area contributed by atoms with E-state index >= 15 is 0 Å². The molecule has 0 atom stereocenters. The zero-order chi connectivity index (χ0) is 13.6. The molecule has 0 spiro atoms. The van der Waals surface area contributed by atoms with Gasteiger partial charge in [-0.05, 0) is 25.5 Å². The van der Waals surface area contributed by atoms with E-state index in [1.54, 1.807) is 0 Å². The quantitative estimate of drug-likeness (QED) is 0.673. The Morgan fingerprint density at radius 1 is 1.26 bits per heavy atom. The minimum absolute atomic E-state index is 0.377. The van der Waals surface area contributed by atoms with E-state index in [-0.39, 0.29) is 0 Å². The van der Waals surface area contributed by atoms with Gasteiger partial charge in [0.25, 0.3) is 0 Å². The van der Waals surface area contributed by atoms with E-state index < -0.39 is 0 Å². The van der Waals surface area contributed by atoms with E-state index in [0.717, 1.165) is 28.2 Å². The van der Waals surface area contributed by atoms with E-state index in [9.17, 15) is 0 Å². The fourth-order valence-electron chi connectivity index (χ4n) is 2.50. The number of para-hydroxylation sites is 1. The van der Waals surface area contributed by atoms with Crippen LogP contribution >= 0.6 is 11.6 Å². The third-order valence-corrected chi connectivity index (χ3v) is 3.53. The lowest BCUT2D eigenvalue weighted by molar-refractivity contribution is 0.756. The molecule has 98 valence electrons. The maximum absolute atomic E-state index is 6.05. The molecule has 0 amide bonds. The van der Waals surface area contributed by atoms with Crippen LogP contribution in [0.1, 0.15) is 17.1 Å². The number of alkyl halides is 1. The summed E-state index contributed by atoms with van der Waals surface area (Å²) in [4.78, 5) is 4.61. The van der Waals surface area contributed by atoms with Crippen LogP contribution in [0.3, 0.4) is 0 Å². The maximum atomic E-state index is 6.05. The van der Waals surface area contributed by atoms with Crippen LogP contribution in [0.2, 0.25) is 0 Å². The molecule has 2 heterocycles. The van der Waals surface area contributed by atoms with Crippen molar-refractivity contribution in [1.29, 1.82) is 0 Å². The minimum Gasteiger partial charge on any atom is -0.292 e. The lowest BCUT2D eigenvalue weighted by Crippen LogP contribution is -2.00. The Balaban J connectivity index is 2.41. The number of rotatable bonds is 2. The number of benzene rings is 1. The molecule has 0 aliphatic carbocycles. The van der Waals surface area contributed by atoms with Gasteiger partial charge in [-0.25, -0.2) is 4.98 Å². The van der Waals surface area contributed by atoms with Gasteiger partial charge in [-0.1, -0.05) is 12.1 Å². The van der Waals surface area contributed by atoms with Gasteiger partial charge in [0.2, 0.25) is 0 Å². The minimum atomic E-state index is 0.377. The predicted molar refractivity (Wildman–Crippen MR) is 76.9 cm³/mol. The summed E-state index contributed by atoms with van der Waals surface area (Å²) in [5.41, 5.74) is 5.27. The van der Waals surface area contributed by atoms with E-state index in [2.05, 4.69) is 27.6 Å². The highest BCUT2D eigenvalue weighted by Gasteiger charge is 2.16. The summed E-state index contributed by atoms with van der Waals surface area (Å²) in [6.45, 7) is 4.08. The Morgan fingerprint density at radius 3 is 2.68 bits per heavy atom. The van der Waals surface area contributed by atoms with Crippen LogP contribution in [0.5, 0.6) is 0 Å². The molecular formula is C14H15ClN4. The number of aromatic nitrogens is 4. The molecule has 0 N–H and O–H groups in total. The number of hydrogen-bond donors (Lipinski definition) is 0. The van der Waals surface area contributed by atoms with Gasteiger partial charge in [0.1, 0.15) is 5.82 Å². The summed E-state index contributed by atoms with van der Waals surface area (Å²) < 4.78 is 3.92. The second-order valence-electron chi connectivity index (χ2n) is 4.71. The summed E-state index contributed by atoms with van der Waals surface area (Å²) in [7, 11) is 1.92. The van der Waals surface area contributed by atoms with Crippen molar-refractivity contribution in [3.8, 4) is 5.69 Å². The summed E-state index contributed by atoms with van der Waals surface area (Å²) in [6.07, 6.45) is 2.00. The van der Waals surface area contributed by atoms with E-state index in [0.29, 0.717) is 5.88 Å². The lowest BCUT2D eigenvalue weighted by atomic mass is 10.2. The standard InChI is InChI=1S/C14H15ClN4/c1-9-5-4-6-11-14(9)19(13(7-15)16-11)12-8-18(3)17-10(12)2/h4-6,8H,7H2,1-3H3. The molecule has 0 saturated carbocycles. The summed E-state index contributed by atoms with van der Waals surface area (Å²) in [6, 6.07) is 6.12. The highest BCUT2D eigenvalue weighted by atomic mass is 35.5. The summed E-state index contributed by atoms with van der Waals surface area (Å²) >= 11 is 6.05. The Morgan fingerprint density at radius 2 is 2.05 bits per heavy atom. The second kappa shape index (κ2) is 4.38. The van der Waals surface area contributed by atoms with Crippen LogP contribution in [-0.2, 0) is 12.9 Å². The fraction of sp³-hybridized carbons (Fsp3) is 0.286. The number of fused-ring (bicyclic) bond motifs is 1. The van der Waals surface area contributed by atoms with Gasteiger partial charge in [-0.2, -0.15) is 5.10 Å². The molecule has 0 radical (unpaired) electrons. The monoisotopic (exact) mass is 274 g/mol. The zero-order valence-electron chi connectivity index (χ0n) is 11.2. The predicted octanol–water partition coefficient (Wildman–Crippen LogP) is 3.11. The first-order chi connectivity index (χ1) is 9.11. The third-order valence-electron chi connectivity index (χ3n) is 3.30. The van der Waals surface area contributed by atoms with Crippen LogP contribution in [0, 0.1) is 13.8 Å². The molecule has 3 rings (SSSR count). The molecule has 1 aromatic carbocycles. The highest BCUT2D eigenvalue weighted by Crippen LogP contribution is 2.26. The van der Waals surface area contributed by atoms with Crippen LogP contribution in [0.15, 0.2) is 24.4 Å². The molecule has 19 heavy (non-hydrogen) atoms. The molecule has 0 saturated heterocycles. The van der Waals surface area contributed by atoms with E-state index in [4.69, 9.17) is 11.6 Å². The van der Waals surface area contributed by atoms with Gasteiger partial charge >= 0.3 is 0 Å². The summed E-state index contributed by atoms with van der Waals surface area (Å²) in [5.74, 6) is 1.23. The molecule has 0 bridgehead atoms. The average Bonchev–Trinajstić information content (AvgIpc) is 2.89. The van der Waals surface area contributed by atoms with Gasteiger partial charge in [-0.3, -0.25) is 9.25 Å². The largest absolute Gasteiger partial charge is 0.292 e. The van der Waals surface area contributed by atoms with Crippen LogP contribution in [0.4, 0.5) is 0 Å². The van der Waals surface area contributed by atoms with E-state index in [1.807, 2.05) is 37.0 Å². The SMILES string of the molecule is Cc1nn(C)cc1-n1c(CCl)nc2cccc(C)c21. The topological polar surface area (TPSA) is 35.6 Å². The Hall–Kier alpha value is -1.81. The maximum Gasteiger partial charge on any atom is 0.129 e. The molecule has 0 aliphatic heterocycles.